The molecule has 0 unspecified atom stereocenters. The van der Waals surface area contributed by atoms with E-state index < -0.39 is 0 Å². The molecule has 1 N–H and O–H groups in total. The minimum absolute atomic E-state index is 0.00162. The molecule has 1 aromatic carbocycles. The van der Waals surface area contributed by atoms with Crippen LogP contribution in [0.3, 0.4) is 0 Å². The standard InChI is InChI=1S/C17H17N3O3/c1-2-6-15(21)18-13-8-4-3-7-12(13)11-16-19-17(20-23-16)14-9-5-10-22-14/h3-5,7-10H,2,6,11H2,1H3,(H,18,21). The van der Waals surface area contributed by atoms with Gasteiger partial charge in [0.25, 0.3) is 0 Å². The molecule has 0 bridgehead atoms. The van der Waals surface area contributed by atoms with Crippen LogP contribution in [0, 0.1) is 0 Å². The summed E-state index contributed by atoms with van der Waals surface area (Å²) in [6.07, 6.45) is 3.31. The van der Waals surface area contributed by atoms with Crippen molar-refractivity contribution in [3.05, 3.63) is 54.1 Å². The highest BCUT2D eigenvalue weighted by Gasteiger charge is 2.13. The fourth-order valence-corrected chi connectivity index (χ4v) is 2.23. The zero-order valence-corrected chi connectivity index (χ0v) is 12.8. The molecular weight excluding hydrogens is 294 g/mol. The van der Waals surface area contributed by atoms with Gasteiger partial charge in [0, 0.05) is 12.1 Å². The van der Waals surface area contributed by atoms with E-state index in [4.69, 9.17) is 8.94 Å². The van der Waals surface area contributed by atoms with Gasteiger partial charge in [0.1, 0.15) is 0 Å². The Morgan fingerprint density at radius 3 is 2.87 bits per heavy atom. The van der Waals surface area contributed by atoms with Gasteiger partial charge in [-0.05, 0) is 30.2 Å². The van der Waals surface area contributed by atoms with Crippen molar-refractivity contribution in [1.29, 1.82) is 0 Å². The van der Waals surface area contributed by atoms with Crippen LogP contribution in [0.4, 0.5) is 5.69 Å². The van der Waals surface area contributed by atoms with Crippen LogP contribution in [0.1, 0.15) is 31.2 Å². The molecule has 6 heteroatoms. The van der Waals surface area contributed by atoms with Crippen molar-refractivity contribution in [1.82, 2.24) is 10.1 Å². The topological polar surface area (TPSA) is 81.2 Å². The molecule has 23 heavy (non-hydrogen) atoms. The molecule has 3 rings (SSSR count). The van der Waals surface area contributed by atoms with Crippen molar-refractivity contribution in [3.63, 3.8) is 0 Å². The molecule has 0 saturated heterocycles. The second-order valence-corrected chi connectivity index (χ2v) is 5.12. The highest BCUT2D eigenvalue weighted by Crippen LogP contribution is 2.21. The summed E-state index contributed by atoms with van der Waals surface area (Å²) in [5, 5.41) is 6.83. The number of rotatable bonds is 6. The molecule has 0 fully saturated rings. The van der Waals surface area contributed by atoms with Crippen LogP contribution in [0.25, 0.3) is 11.6 Å². The van der Waals surface area contributed by atoms with Gasteiger partial charge in [-0.25, -0.2) is 0 Å². The first-order chi connectivity index (χ1) is 11.3. The van der Waals surface area contributed by atoms with Crippen LogP contribution in [-0.4, -0.2) is 16.0 Å². The zero-order chi connectivity index (χ0) is 16.1. The second kappa shape index (κ2) is 6.91. The predicted molar refractivity (Wildman–Crippen MR) is 84.8 cm³/mol. The van der Waals surface area contributed by atoms with Gasteiger partial charge >= 0.3 is 0 Å². The third kappa shape index (κ3) is 3.66. The Balaban J connectivity index is 1.76. The zero-order valence-electron chi connectivity index (χ0n) is 12.8. The van der Waals surface area contributed by atoms with Crippen LogP contribution in [0.5, 0.6) is 0 Å². The van der Waals surface area contributed by atoms with E-state index in [1.54, 1.807) is 18.4 Å². The minimum atomic E-state index is 0.00162. The van der Waals surface area contributed by atoms with Gasteiger partial charge in [0.05, 0.1) is 12.7 Å². The van der Waals surface area contributed by atoms with Crippen molar-refractivity contribution >= 4 is 11.6 Å². The number of amides is 1. The molecule has 0 aliphatic carbocycles. The van der Waals surface area contributed by atoms with Gasteiger partial charge in [-0.2, -0.15) is 4.98 Å². The summed E-state index contributed by atoms with van der Waals surface area (Å²) in [6.45, 7) is 1.97. The lowest BCUT2D eigenvalue weighted by Crippen LogP contribution is -2.12. The Morgan fingerprint density at radius 1 is 1.22 bits per heavy atom. The summed E-state index contributed by atoms with van der Waals surface area (Å²) >= 11 is 0. The maximum Gasteiger partial charge on any atom is 0.238 e. The summed E-state index contributed by atoms with van der Waals surface area (Å²) in [4.78, 5) is 16.1. The molecule has 0 aliphatic rings. The first-order valence-corrected chi connectivity index (χ1v) is 7.50. The number of hydrogen-bond donors (Lipinski definition) is 1. The van der Waals surface area contributed by atoms with Crippen molar-refractivity contribution in [2.24, 2.45) is 0 Å². The fourth-order valence-electron chi connectivity index (χ4n) is 2.23. The number of nitrogens with one attached hydrogen (secondary N) is 1. The molecule has 3 aromatic rings. The molecule has 0 radical (unpaired) electrons. The van der Waals surface area contributed by atoms with Crippen molar-refractivity contribution < 1.29 is 13.7 Å². The maximum atomic E-state index is 11.8. The van der Waals surface area contributed by atoms with Gasteiger partial charge in [-0.1, -0.05) is 30.3 Å². The first-order valence-electron chi connectivity index (χ1n) is 7.50. The molecule has 0 saturated carbocycles. The highest BCUT2D eigenvalue weighted by molar-refractivity contribution is 5.91. The average molecular weight is 311 g/mol. The molecule has 0 spiro atoms. The third-order valence-corrected chi connectivity index (χ3v) is 3.32. The Labute approximate surface area is 133 Å². The number of carbonyl (C=O) groups is 1. The Bertz CT molecular complexity index is 778. The van der Waals surface area contributed by atoms with Crippen molar-refractivity contribution in [2.45, 2.75) is 26.2 Å². The Hall–Kier alpha value is -2.89. The number of benzene rings is 1. The molecule has 118 valence electrons. The molecule has 0 aliphatic heterocycles. The van der Waals surface area contributed by atoms with Crippen molar-refractivity contribution in [2.75, 3.05) is 5.32 Å². The van der Waals surface area contributed by atoms with Gasteiger partial charge in [0.15, 0.2) is 5.76 Å². The van der Waals surface area contributed by atoms with E-state index in [9.17, 15) is 4.79 Å². The van der Waals surface area contributed by atoms with E-state index in [1.807, 2.05) is 31.2 Å². The summed E-state index contributed by atoms with van der Waals surface area (Å²) in [6, 6.07) is 11.1. The van der Waals surface area contributed by atoms with Crippen molar-refractivity contribution in [3.8, 4) is 11.6 Å². The molecule has 0 atom stereocenters. The summed E-state index contributed by atoms with van der Waals surface area (Å²) in [5.74, 6) is 1.44. The monoisotopic (exact) mass is 311 g/mol. The van der Waals surface area contributed by atoms with Crippen LogP contribution in [-0.2, 0) is 11.2 Å². The van der Waals surface area contributed by atoms with E-state index in [1.165, 1.54) is 0 Å². The Morgan fingerprint density at radius 2 is 2.09 bits per heavy atom. The fraction of sp³-hybridized carbons (Fsp3) is 0.235. The average Bonchev–Trinajstić information content (AvgIpc) is 3.20. The first kappa shape index (κ1) is 15.0. The maximum absolute atomic E-state index is 11.8. The van der Waals surface area contributed by atoms with E-state index in [-0.39, 0.29) is 5.91 Å². The lowest BCUT2D eigenvalue weighted by Gasteiger charge is -2.09. The van der Waals surface area contributed by atoms with Crippen LogP contribution < -0.4 is 5.32 Å². The van der Waals surface area contributed by atoms with E-state index in [0.29, 0.717) is 30.3 Å². The van der Waals surface area contributed by atoms with E-state index >= 15 is 0 Å². The van der Waals surface area contributed by atoms with Gasteiger partial charge in [-0.3, -0.25) is 4.79 Å². The number of furan rings is 1. The van der Waals surface area contributed by atoms with Gasteiger partial charge < -0.3 is 14.3 Å². The summed E-state index contributed by atoms with van der Waals surface area (Å²) in [5.41, 5.74) is 1.69. The Kier molecular flexibility index (Phi) is 4.52. The highest BCUT2D eigenvalue weighted by atomic mass is 16.5. The molecule has 2 heterocycles. The minimum Gasteiger partial charge on any atom is -0.461 e. The molecular formula is C17H17N3O3. The molecule has 6 nitrogen and oxygen atoms in total. The second-order valence-electron chi connectivity index (χ2n) is 5.12. The smallest absolute Gasteiger partial charge is 0.238 e. The third-order valence-electron chi connectivity index (χ3n) is 3.32. The SMILES string of the molecule is CCCC(=O)Nc1ccccc1Cc1nc(-c2ccco2)no1. The number of anilines is 1. The van der Waals surface area contributed by atoms with Gasteiger partial charge in [0.2, 0.25) is 17.6 Å². The van der Waals surface area contributed by atoms with E-state index in [0.717, 1.165) is 17.7 Å². The van der Waals surface area contributed by atoms with Gasteiger partial charge in [-0.15, -0.1) is 0 Å². The lowest BCUT2D eigenvalue weighted by atomic mass is 10.1. The number of nitrogens with zero attached hydrogens (tertiary/aromatic N) is 2. The number of para-hydroxylation sites is 1. The largest absolute Gasteiger partial charge is 0.461 e. The number of aromatic nitrogens is 2. The summed E-state index contributed by atoms with van der Waals surface area (Å²) < 4.78 is 10.5. The van der Waals surface area contributed by atoms with Crippen LogP contribution >= 0.6 is 0 Å². The molecule has 2 aromatic heterocycles. The quantitative estimate of drug-likeness (QED) is 0.751. The normalized spacial score (nSPS) is 10.7. The van der Waals surface area contributed by atoms with Crippen LogP contribution in [0.15, 0.2) is 51.6 Å². The van der Waals surface area contributed by atoms with E-state index in [2.05, 4.69) is 15.5 Å². The van der Waals surface area contributed by atoms with Crippen LogP contribution in [0.2, 0.25) is 0 Å². The summed E-state index contributed by atoms with van der Waals surface area (Å²) in [7, 11) is 0. The predicted octanol–water partition coefficient (Wildman–Crippen LogP) is 3.66. The number of carbonyl (C=O) groups excluding carboxylic acids is 1. The molecule has 1 amide bonds. The lowest BCUT2D eigenvalue weighted by molar-refractivity contribution is -0.116. The number of hydrogen-bond acceptors (Lipinski definition) is 5.